The van der Waals surface area contributed by atoms with Crippen LogP contribution in [0.1, 0.15) is 10.5 Å². The number of aromatic nitrogens is 1. The van der Waals surface area contributed by atoms with Crippen LogP contribution in [0, 0.1) is 0 Å². The monoisotopic (exact) mass is 172 g/mol. The molecule has 0 aliphatic carbocycles. The van der Waals surface area contributed by atoms with Gasteiger partial charge in [0.15, 0.2) is 0 Å². The molecule has 58 valence electrons. The van der Waals surface area contributed by atoms with Gasteiger partial charge in [-0.1, -0.05) is 11.6 Å². The van der Waals surface area contributed by atoms with Crippen LogP contribution >= 0.6 is 11.6 Å². The van der Waals surface area contributed by atoms with Crippen LogP contribution in [0.2, 0.25) is 5.02 Å². The first-order chi connectivity index (χ1) is 5.11. The molecule has 0 aliphatic heterocycles. The molecule has 0 atom stereocenters. The first kappa shape index (κ1) is 7.81. The molecular formula is C6H5ClN2O2. The Hall–Kier alpha value is -1.29. The summed E-state index contributed by atoms with van der Waals surface area (Å²) in [5.74, 6) is -1.12. The van der Waals surface area contributed by atoms with E-state index < -0.39 is 5.97 Å². The largest absolute Gasteiger partial charge is 0.477 e. The Morgan fingerprint density at radius 1 is 1.73 bits per heavy atom. The predicted molar refractivity (Wildman–Crippen MR) is 40.6 cm³/mol. The summed E-state index contributed by atoms with van der Waals surface area (Å²) in [5, 5.41) is 8.64. The molecule has 0 saturated heterocycles. The van der Waals surface area contributed by atoms with Gasteiger partial charge in [-0.25, -0.2) is 9.78 Å². The second-order valence-electron chi connectivity index (χ2n) is 1.90. The van der Waals surface area contributed by atoms with E-state index in [9.17, 15) is 4.79 Å². The van der Waals surface area contributed by atoms with Gasteiger partial charge in [-0.05, 0) is 6.07 Å². The maximum Gasteiger partial charge on any atom is 0.354 e. The molecule has 5 heteroatoms. The lowest BCUT2D eigenvalue weighted by atomic mass is 10.3. The van der Waals surface area contributed by atoms with Crippen molar-refractivity contribution < 1.29 is 9.90 Å². The van der Waals surface area contributed by atoms with Gasteiger partial charge in [0, 0.05) is 0 Å². The number of halogens is 1. The number of nitrogens with zero attached hydrogens (tertiary/aromatic N) is 1. The van der Waals surface area contributed by atoms with Crippen LogP contribution in [-0.4, -0.2) is 16.1 Å². The van der Waals surface area contributed by atoms with Gasteiger partial charge in [-0.3, -0.25) is 0 Å². The van der Waals surface area contributed by atoms with Gasteiger partial charge < -0.3 is 10.8 Å². The number of aromatic carboxylic acids is 1. The number of rotatable bonds is 1. The Morgan fingerprint density at radius 3 is 2.82 bits per heavy atom. The second-order valence-corrected chi connectivity index (χ2v) is 2.30. The molecule has 1 heterocycles. The summed E-state index contributed by atoms with van der Waals surface area (Å²) in [4.78, 5) is 13.8. The minimum atomic E-state index is -1.12. The highest BCUT2D eigenvalue weighted by molar-refractivity contribution is 6.33. The van der Waals surface area contributed by atoms with Gasteiger partial charge >= 0.3 is 5.97 Å². The molecule has 11 heavy (non-hydrogen) atoms. The van der Waals surface area contributed by atoms with Crippen LogP contribution in [-0.2, 0) is 0 Å². The summed E-state index contributed by atoms with van der Waals surface area (Å²) in [6, 6.07) is 1.21. The number of hydrogen-bond acceptors (Lipinski definition) is 3. The highest BCUT2D eigenvalue weighted by Gasteiger charge is 2.05. The van der Waals surface area contributed by atoms with Crippen LogP contribution in [0.5, 0.6) is 0 Å². The van der Waals surface area contributed by atoms with E-state index in [1.807, 2.05) is 0 Å². The zero-order chi connectivity index (χ0) is 8.43. The van der Waals surface area contributed by atoms with Gasteiger partial charge in [0.05, 0.1) is 16.9 Å². The van der Waals surface area contributed by atoms with Gasteiger partial charge in [0.25, 0.3) is 0 Å². The molecule has 0 radical (unpaired) electrons. The van der Waals surface area contributed by atoms with Gasteiger partial charge in [-0.15, -0.1) is 0 Å². The van der Waals surface area contributed by atoms with Crippen molar-refractivity contribution in [1.82, 2.24) is 4.98 Å². The second kappa shape index (κ2) is 2.75. The topological polar surface area (TPSA) is 76.2 Å². The van der Waals surface area contributed by atoms with Crippen LogP contribution in [0.15, 0.2) is 12.3 Å². The Balaban J connectivity index is 3.15. The lowest BCUT2D eigenvalue weighted by Crippen LogP contribution is -2.00. The third-order valence-corrected chi connectivity index (χ3v) is 1.43. The lowest BCUT2D eigenvalue weighted by Gasteiger charge is -1.96. The van der Waals surface area contributed by atoms with Crippen molar-refractivity contribution in [2.75, 3.05) is 5.73 Å². The van der Waals surface area contributed by atoms with E-state index in [1.54, 1.807) is 0 Å². The third-order valence-electron chi connectivity index (χ3n) is 1.10. The quantitative estimate of drug-likeness (QED) is 0.663. The summed E-state index contributed by atoms with van der Waals surface area (Å²) in [5.41, 5.74) is 5.47. The number of carbonyl (C=O) groups is 1. The van der Waals surface area contributed by atoms with E-state index in [1.165, 1.54) is 12.3 Å². The van der Waals surface area contributed by atoms with E-state index >= 15 is 0 Å². The number of nitrogens with two attached hydrogens (primary N) is 1. The average molecular weight is 173 g/mol. The van der Waals surface area contributed by atoms with Crippen molar-refractivity contribution in [1.29, 1.82) is 0 Å². The highest BCUT2D eigenvalue weighted by Crippen LogP contribution is 2.17. The standard InChI is InChI=1S/C6H5ClN2O2/c7-3-1-5(6(10)11)9-2-4(3)8/h1-2H,8H2,(H,10,11). The molecule has 0 spiro atoms. The molecule has 0 aliphatic rings. The number of carboxylic acid groups (broad SMARTS) is 1. The first-order valence-electron chi connectivity index (χ1n) is 2.75. The van der Waals surface area contributed by atoms with Gasteiger partial charge in [-0.2, -0.15) is 0 Å². The Labute approximate surface area is 67.6 Å². The minimum absolute atomic E-state index is 0.107. The summed E-state index contributed by atoms with van der Waals surface area (Å²) >= 11 is 5.53. The molecule has 0 aromatic carbocycles. The van der Waals surface area contributed by atoms with E-state index in [-0.39, 0.29) is 16.4 Å². The number of nitrogen functional groups attached to an aromatic ring is 1. The molecule has 0 saturated carbocycles. The van der Waals surface area contributed by atoms with Crippen molar-refractivity contribution in [2.24, 2.45) is 0 Å². The SMILES string of the molecule is Nc1cnc(C(=O)O)cc1Cl. The molecule has 0 bridgehead atoms. The van der Waals surface area contributed by atoms with Crippen molar-refractivity contribution in [3.8, 4) is 0 Å². The van der Waals surface area contributed by atoms with E-state index in [0.717, 1.165) is 0 Å². The first-order valence-corrected chi connectivity index (χ1v) is 3.13. The number of pyridine rings is 1. The molecular weight excluding hydrogens is 168 g/mol. The lowest BCUT2D eigenvalue weighted by molar-refractivity contribution is 0.0690. The molecule has 0 unspecified atom stereocenters. The Kier molecular flexibility index (Phi) is 1.96. The molecule has 4 nitrogen and oxygen atoms in total. The fourth-order valence-electron chi connectivity index (χ4n) is 0.558. The minimum Gasteiger partial charge on any atom is -0.477 e. The maximum absolute atomic E-state index is 10.3. The van der Waals surface area contributed by atoms with Crippen LogP contribution < -0.4 is 5.73 Å². The predicted octanol–water partition coefficient (Wildman–Crippen LogP) is 1.02. The zero-order valence-corrected chi connectivity index (χ0v) is 6.17. The van der Waals surface area contributed by atoms with Crippen LogP contribution in [0.25, 0.3) is 0 Å². The van der Waals surface area contributed by atoms with Gasteiger partial charge in [0.1, 0.15) is 5.69 Å². The van der Waals surface area contributed by atoms with Crippen LogP contribution in [0.3, 0.4) is 0 Å². The van der Waals surface area contributed by atoms with Crippen molar-refractivity contribution in [3.05, 3.63) is 23.0 Å². The van der Waals surface area contributed by atoms with Crippen molar-refractivity contribution in [2.45, 2.75) is 0 Å². The molecule has 1 aromatic heterocycles. The molecule has 1 aromatic rings. The molecule has 0 fully saturated rings. The average Bonchev–Trinajstić information content (AvgIpc) is 1.94. The maximum atomic E-state index is 10.3. The highest BCUT2D eigenvalue weighted by atomic mass is 35.5. The molecule has 3 N–H and O–H groups in total. The normalized spacial score (nSPS) is 9.55. The van der Waals surface area contributed by atoms with E-state index in [0.29, 0.717) is 0 Å². The fraction of sp³-hybridized carbons (Fsp3) is 0. The number of hydrogen-bond donors (Lipinski definition) is 2. The summed E-state index contributed by atoms with van der Waals surface area (Å²) in [7, 11) is 0. The van der Waals surface area contributed by atoms with E-state index in [2.05, 4.69) is 4.98 Å². The van der Waals surface area contributed by atoms with E-state index in [4.69, 9.17) is 22.4 Å². The van der Waals surface area contributed by atoms with Crippen molar-refractivity contribution >= 4 is 23.3 Å². The molecule has 0 amide bonds. The Bertz CT molecular complexity index is 301. The smallest absolute Gasteiger partial charge is 0.354 e. The van der Waals surface area contributed by atoms with Crippen molar-refractivity contribution in [3.63, 3.8) is 0 Å². The fourth-order valence-corrected chi connectivity index (χ4v) is 0.710. The Morgan fingerprint density at radius 2 is 2.36 bits per heavy atom. The van der Waals surface area contributed by atoms with Crippen LogP contribution in [0.4, 0.5) is 5.69 Å². The number of carboxylic acids is 1. The van der Waals surface area contributed by atoms with Gasteiger partial charge in [0.2, 0.25) is 0 Å². The zero-order valence-electron chi connectivity index (χ0n) is 5.41. The summed E-state index contributed by atoms with van der Waals surface area (Å²) in [6.07, 6.45) is 1.21. The summed E-state index contributed by atoms with van der Waals surface area (Å²) < 4.78 is 0. The summed E-state index contributed by atoms with van der Waals surface area (Å²) in [6.45, 7) is 0. The third kappa shape index (κ3) is 1.59. The molecule has 1 rings (SSSR count). The number of anilines is 1.